The fourth-order valence-corrected chi connectivity index (χ4v) is 3.71. The number of aromatic nitrogens is 1. The number of phenolic OH excluding ortho intramolecular Hbond substituents is 1. The monoisotopic (exact) mass is 403 g/mol. The van der Waals surface area contributed by atoms with Crippen molar-refractivity contribution in [1.29, 1.82) is 0 Å². The van der Waals surface area contributed by atoms with Crippen LogP contribution in [0.25, 0.3) is 17.0 Å². The van der Waals surface area contributed by atoms with E-state index in [1.807, 2.05) is 53.4 Å². The molecule has 0 bridgehead atoms. The highest BCUT2D eigenvalue weighted by molar-refractivity contribution is 5.92. The Morgan fingerprint density at radius 2 is 1.87 bits per heavy atom. The van der Waals surface area contributed by atoms with Crippen molar-refractivity contribution in [3.05, 3.63) is 71.9 Å². The Balaban J connectivity index is 1.34. The van der Waals surface area contributed by atoms with E-state index in [0.717, 1.165) is 41.9 Å². The number of amides is 1. The quantitative estimate of drug-likeness (QED) is 0.662. The summed E-state index contributed by atoms with van der Waals surface area (Å²) in [6, 6.07) is 15.1. The molecule has 2 aromatic carbocycles. The van der Waals surface area contributed by atoms with Gasteiger partial charge in [0, 0.05) is 50.4 Å². The predicted octanol–water partition coefficient (Wildman–Crippen LogP) is 3.31. The third-order valence-electron chi connectivity index (χ3n) is 5.45. The molecule has 1 aromatic heterocycles. The SMILES string of the molecule is COc1ccc(/C=C/C(=O)N2CCN(Cc3ccc(O)c4ncccc34)CC2)cc1. The summed E-state index contributed by atoms with van der Waals surface area (Å²) < 4.78 is 5.15. The highest BCUT2D eigenvalue weighted by Gasteiger charge is 2.20. The molecule has 1 aliphatic rings. The number of carbonyl (C=O) groups excluding carboxylic acids is 1. The second-order valence-corrected chi connectivity index (χ2v) is 7.35. The van der Waals surface area contributed by atoms with E-state index in [1.165, 1.54) is 0 Å². The number of benzene rings is 2. The number of ether oxygens (including phenoxy) is 1. The van der Waals surface area contributed by atoms with E-state index >= 15 is 0 Å². The van der Waals surface area contributed by atoms with Crippen molar-refractivity contribution in [2.75, 3.05) is 33.3 Å². The van der Waals surface area contributed by atoms with Gasteiger partial charge in [0.25, 0.3) is 0 Å². The third kappa shape index (κ3) is 4.44. The lowest BCUT2D eigenvalue weighted by molar-refractivity contribution is -0.127. The molecule has 6 heteroatoms. The largest absolute Gasteiger partial charge is 0.506 e. The molecule has 1 N–H and O–H groups in total. The summed E-state index contributed by atoms with van der Waals surface area (Å²) in [5.74, 6) is 1.03. The second kappa shape index (κ2) is 8.97. The second-order valence-electron chi connectivity index (χ2n) is 7.35. The first-order valence-corrected chi connectivity index (χ1v) is 10.0. The Labute approximate surface area is 176 Å². The van der Waals surface area contributed by atoms with Gasteiger partial charge in [-0.25, -0.2) is 0 Å². The summed E-state index contributed by atoms with van der Waals surface area (Å²) in [6.07, 6.45) is 5.16. The van der Waals surface area contributed by atoms with Crippen molar-refractivity contribution in [1.82, 2.24) is 14.8 Å². The van der Waals surface area contributed by atoms with Crippen LogP contribution in [-0.2, 0) is 11.3 Å². The van der Waals surface area contributed by atoms with Crippen LogP contribution in [-0.4, -0.2) is 59.1 Å². The predicted molar refractivity (Wildman–Crippen MR) is 117 cm³/mol. The normalized spacial score (nSPS) is 15.0. The molecule has 0 aliphatic carbocycles. The maximum absolute atomic E-state index is 12.5. The summed E-state index contributed by atoms with van der Waals surface area (Å²) in [5, 5.41) is 11.0. The van der Waals surface area contributed by atoms with Crippen LogP contribution in [0.2, 0.25) is 0 Å². The average Bonchev–Trinajstić information content (AvgIpc) is 2.80. The zero-order chi connectivity index (χ0) is 20.9. The number of methoxy groups -OCH3 is 1. The van der Waals surface area contributed by atoms with Crippen molar-refractivity contribution >= 4 is 22.9 Å². The molecular weight excluding hydrogens is 378 g/mol. The van der Waals surface area contributed by atoms with E-state index < -0.39 is 0 Å². The van der Waals surface area contributed by atoms with E-state index in [1.54, 1.807) is 25.4 Å². The first-order chi connectivity index (χ1) is 14.6. The molecular formula is C24H25N3O3. The van der Waals surface area contributed by atoms with Crippen LogP contribution in [0, 0.1) is 0 Å². The van der Waals surface area contributed by atoms with Crippen LogP contribution in [0.4, 0.5) is 0 Å². The number of nitrogens with zero attached hydrogens (tertiary/aromatic N) is 3. The topological polar surface area (TPSA) is 65.9 Å². The number of hydrogen-bond donors (Lipinski definition) is 1. The lowest BCUT2D eigenvalue weighted by Crippen LogP contribution is -2.47. The van der Waals surface area contributed by atoms with Crippen molar-refractivity contribution in [2.24, 2.45) is 0 Å². The molecule has 30 heavy (non-hydrogen) atoms. The van der Waals surface area contributed by atoms with Gasteiger partial charge in [0.1, 0.15) is 17.0 Å². The van der Waals surface area contributed by atoms with Gasteiger partial charge in [0.2, 0.25) is 5.91 Å². The van der Waals surface area contributed by atoms with Crippen molar-refractivity contribution < 1.29 is 14.6 Å². The van der Waals surface area contributed by atoms with E-state index in [-0.39, 0.29) is 11.7 Å². The summed E-state index contributed by atoms with van der Waals surface area (Å²) in [7, 11) is 1.63. The summed E-state index contributed by atoms with van der Waals surface area (Å²) in [5.41, 5.74) is 2.73. The Morgan fingerprint density at radius 3 is 2.60 bits per heavy atom. The number of aromatic hydroxyl groups is 1. The lowest BCUT2D eigenvalue weighted by Gasteiger charge is -2.34. The first-order valence-electron chi connectivity index (χ1n) is 10.0. The summed E-state index contributed by atoms with van der Waals surface area (Å²) in [4.78, 5) is 21.0. The Hall–Kier alpha value is -3.38. The smallest absolute Gasteiger partial charge is 0.246 e. The van der Waals surface area contributed by atoms with Crippen LogP contribution in [0.1, 0.15) is 11.1 Å². The van der Waals surface area contributed by atoms with Gasteiger partial charge in [-0.05, 0) is 41.5 Å². The molecule has 0 saturated carbocycles. The number of piperazine rings is 1. The van der Waals surface area contributed by atoms with Crippen LogP contribution in [0.15, 0.2) is 60.8 Å². The highest BCUT2D eigenvalue weighted by Crippen LogP contribution is 2.26. The lowest BCUT2D eigenvalue weighted by atomic mass is 10.1. The molecule has 3 aromatic rings. The van der Waals surface area contributed by atoms with Crippen LogP contribution >= 0.6 is 0 Å². The van der Waals surface area contributed by atoms with Gasteiger partial charge >= 0.3 is 0 Å². The number of carbonyl (C=O) groups is 1. The minimum atomic E-state index is 0.0322. The molecule has 1 fully saturated rings. The zero-order valence-corrected chi connectivity index (χ0v) is 17.0. The van der Waals surface area contributed by atoms with Crippen LogP contribution in [0.3, 0.4) is 0 Å². The van der Waals surface area contributed by atoms with E-state index in [0.29, 0.717) is 18.6 Å². The van der Waals surface area contributed by atoms with Gasteiger partial charge in [0.15, 0.2) is 0 Å². The van der Waals surface area contributed by atoms with Gasteiger partial charge < -0.3 is 14.7 Å². The maximum Gasteiger partial charge on any atom is 0.246 e. The number of hydrogen-bond acceptors (Lipinski definition) is 5. The van der Waals surface area contributed by atoms with Crippen molar-refractivity contribution in [2.45, 2.75) is 6.54 Å². The van der Waals surface area contributed by atoms with Crippen molar-refractivity contribution in [3.8, 4) is 11.5 Å². The molecule has 6 nitrogen and oxygen atoms in total. The Morgan fingerprint density at radius 1 is 1.10 bits per heavy atom. The number of fused-ring (bicyclic) bond motifs is 1. The van der Waals surface area contributed by atoms with Gasteiger partial charge in [-0.2, -0.15) is 0 Å². The van der Waals surface area contributed by atoms with Gasteiger partial charge in [-0.15, -0.1) is 0 Å². The molecule has 4 rings (SSSR count). The van der Waals surface area contributed by atoms with E-state index in [9.17, 15) is 9.90 Å². The molecule has 0 atom stereocenters. The molecule has 0 unspecified atom stereocenters. The zero-order valence-electron chi connectivity index (χ0n) is 17.0. The maximum atomic E-state index is 12.5. The van der Waals surface area contributed by atoms with E-state index in [2.05, 4.69) is 9.88 Å². The minimum absolute atomic E-state index is 0.0322. The average molecular weight is 403 g/mol. The number of phenols is 1. The number of rotatable bonds is 5. The van der Waals surface area contributed by atoms with E-state index in [4.69, 9.17) is 4.74 Å². The van der Waals surface area contributed by atoms with Crippen LogP contribution < -0.4 is 4.74 Å². The Bertz CT molecular complexity index is 1050. The number of pyridine rings is 1. The highest BCUT2D eigenvalue weighted by atomic mass is 16.5. The van der Waals surface area contributed by atoms with Crippen molar-refractivity contribution in [3.63, 3.8) is 0 Å². The molecule has 1 amide bonds. The van der Waals surface area contributed by atoms with Gasteiger partial charge in [0.05, 0.1) is 7.11 Å². The first kappa shape index (κ1) is 19.9. The summed E-state index contributed by atoms with van der Waals surface area (Å²) in [6.45, 7) is 3.78. The van der Waals surface area contributed by atoms with Gasteiger partial charge in [-0.3, -0.25) is 14.7 Å². The summed E-state index contributed by atoms with van der Waals surface area (Å²) >= 11 is 0. The molecule has 0 spiro atoms. The van der Waals surface area contributed by atoms with Crippen LogP contribution in [0.5, 0.6) is 11.5 Å². The minimum Gasteiger partial charge on any atom is -0.506 e. The standard InChI is InChI=1S/C24H25N3O3/c1-30-20-8-4-18(5-9-20)6-11-23(29)27-15-13-26(14-16-27)17-19-7-10-22(28)24-21(19)3-2-12-25-24/h2-12,28H,13-17H2,1H3/b11-6+. The fourth-order valence-electron chi connectivity index (χ4n) is 3.71. The fraction of sp³-hybridized carbons (Fsp3) is 0.250. The third-order valence-corrected chi connectivity index (χ3v) is 5.45. The molecule has 2 heterocycles. The van der Waals surface area contributed by atoms with Gasteiger partial charge in [-0.1, -0.05) is 24.3 Å². The Kier molecular flexibility index (Phi) is 5.95. The molecule has 154 valence electrons. The molecule has 1 saturated heterocycles. The molecule has 1 aliphatic heterocycles. The molecule has 0 radical (unpaired) electrons.